The van der Waals surface area contributed by atoms with E-state index in [0.29, 0.717) is 0 Å². The van der Waals surface area contributed by atoms with Gasteiger partial charge in [0, 0.05) is 11.8 Å². The number of amides is 1. The van der Waals surface area contributed by atoms with Gasteiger partial charge >= 0.3 is 0 Å². The SMILES string of the molecule is CC(C(N)=O)[C@H](CO)c1ccccc1. The average molecular weight is 193 g/mol. The summed E-state index contributed by atoms with van der Waals surface area (Å²) in [6, 6.07) is 9.44. The van der Waals surface area contributed by atoms with Crippen molar-refractivity contribution in [2.45, 2.75) is 12.8 Å². The zero-order valence-electron chi connectivity index (χ0n) is 8.18. The van der Waals surface area contributed by atoms with Crippen LogP contribution in [0.4, 0.5) is 0 Å². The number of primary amides is 1. The van der Waals surface area contributed by atoms with Crippen molar-refractivity contribution in [2.75, 3.05) is 6.61 Å². The fourth-order valence-corrected chi connectivity index (χ4v) is 1.45. The lowest BCUT2D eigenvalue weighted by Crippen LogP contribution is -2.28. The minimum absolute atomic E-state index is 0.0614. The molecule has 1 unspecified atom stereocenters. The molecule has 1 aromatic rings. The molecule has 0 aliphatic heterocycles. The first-order valence-corrected chi connectivity index (χ1v) is 4.62. The number of carbonyl (C=O) groups excluding carboxylic acids is 1. The molecule has 0 bridgehead atoms. The minimum Gasteiger partial charge on any atom is -0.396 e. The minimum atomic E-state index is -0.382. The van der Waals surface area contributed by atoms with Crippen molar-refractivity contribution >= 4 is 5.91 Å². The standard InChI is InChI=1S/C11H15NO2/c1-8(11(12)14)10(7-13)9-5-3-2-4-6-9/h2-6,8,10,13H,7H2,1H3,(H2,12,14)/t8?,10-/m0/s1. The molecule has 3 heteroatoms. The van der Waals surface area contributed by atoms with Gasteiger partial charge in [0.05, 0.1) is 6.61 Å². The molecular weight excluding hydrogens is 178 g/mol. The van der Waals surface area contributed by atoms with Crippen LogP contribution in [0.5, 0.6) is 0 Å². The van der Waals surface area contributed by atoms with Crippen molar-refractivity contribution in [2.24, 2.45) is 11.7 Å². The van der Waals surface area contributed by atoms with E-state index in [9.17, 15) is 9.90 Å². The molecule has 1 aromatic carbocycles. The van der Waals surface area contributed by atoms with Crippen LogP contribution in [0, 0.1) is 5.92 Å². The summed E-state index contributed by atoms with van der Waals surface area (Å²) in [7, 11) is 0. The van der Waals surface area contributed by atoms with Crippen LogP contribution in [0.2, 0.25) is 0 Å². The van der Waals surface area contributed by atoms with Crippen molar-refractivity contribution in [3.63, 3.8) is 0 Å². The van der Waals surface area contributed by atoms with Crippen LogP contribution < -0.4 is 5.73 Å². The summed E-state index contributed by atoms with van der Waals surface area (Å²) in [6.07, 6.45) is 0. The molecule has 1 amide bonds. The highest BCUT2D eigenvalue weighted by molar-refractivity contribution is 5.77. The first kappa shape index (κ1) is 10.7. The van der Waals surface area contributed by atoms with E-state index in [0.717, 1.165) is 5.56 Å². The monoisotopic (exact) mass is 193 g/mol. The predicted molar refractivity (Wildman–Crippen MR) is 54.6 cm³/mol. The normalized spacial score (nSPS) is 14.7. The average Bonchev–Trinajstić information content (AvgIpc) is 2.20. The maximum atomic E-state index is 11.0. The number of aliphatic hydroxyl groups excluding tert-OH is 1. The Hall–Kier alpha value is -1.35. The van der Waals surface area contributed by atoms with E-state index in [1.165, 1.54) is 0 Å². The Balaban J connectivity index is 2.87. The Kier molecular flexibility index (Phi) is 3.65. The molecule has 0 aromatic heterocycles. The first-order chi connectivity index (χ1) is 6.66. The molecule has 2 atom stereocenters. The largest absolute Gasteiger partial charge is 0.396 e. The third-order valence-corrected chi connectivity index (χ3v) is 2.48. The van der Waals surface area contributed by atoms with Crippen LogP contribution in [-0.4, -0.2) is 17.6 Å². The van der Waals surface area contributed by atoms with E-state index in [1.54, 1.807) is 6.92 Å². The van der Waals surface area contributed by atoms with Crippen LogP contribution in [0.25, 0.3) is 0 Å². The first-order valence-electron chi connectivity index (χ1n) is 4.62. The topological polar surface area (TPSA) is 63.3 Å². The van der Waals surface area contributed by atoms with E-state index >= 15 is 0 Å². The molecule has 0 fully saturated rings. The highest BCUT2D eigenvalue weighted by atomic mass is 16.3. The lowest BCUT2D eigenvalue weighted by molar-refractivity contribution is -0.122. The number of benzene rings is 1. The molecular formula is C11H15NO2. The Morgan fingerprint density at radius 2 is 2.00 bits per heavy atom. The fraction of sp³-hybridized carbons (Fsp3) is 0.364. The second kappa shape index (κ2) is 4.77. The van der Waals surface area contributed by atoms with Gasteiger partial charge in [0.25, 0.3) is 0 Å². The Morgan fingerprint density at radius 1 is 1.43 bits per heavy atom. The number of aliphatic hydroxyl groups is 1. The summed E-state index contributed by atoms with van der Waals surface area (Å²) in [6.45, 7) is 1.67. The van der Waals surface area contributed by atoms with Crippen molar-refractivity contribution in [3.05, 3.63) is 35.9 Å². The van der Waals surface area contributed by atoms with Gasteiger partial charge in [-0.25, -0.2) is 0 Å². The van der Waals surface area contributed by atoms with Gasteiger partial charge in [-0.2, -0.15) is 0 Å². The van der Waals surface area contributed by atoms with Crippen LogP contribution in [0.1, 0.15) is 18.4 Å². The van der Waals surface area contributed by atoms with Gasteiger partial charge in [0.1, 0.15) is 0 Å². The summed E-state index contributed by atoms with van der Waals surface area (Å²) in [5.74, 6) is -0.927. The molecule has 0 radical (unpaired) electrons. The summed E-state index contributed by atoms with van der Waals surface area (Å²) in [5, 5.41) is 9.19. The van der Waals surface area contributed by atoms with Gasteiger partial charge in [-0.15, -0.1) is 0 Å². The molecule has 0 aliphatic carbocycles. The molecule has 1 rings (SSSR count). The van der Waals surface area contributed by atoms with E-state index in [2.05, 4.69) is 0 Å². The molecule has 3 N–H and O–H groups in total. The van der Waals surface area contributed by atoms with Crippen molar-refractivity contribution < 1.29 is 9.90 Å². The predicted octanol–water partition coefficient (Wildman–Crippen LogP) is 0.884. The molecule has 3 nitrogen and oxygen atoms in total. The Bertz CT molecular complexity index is 297. The second-order valence-electron chi connectivity index (χ2n) is 3.39. The number of nitrogens with two attached hydrogens (primary N) is 1. The zero-order chi connectivity index (χ0) is 10.6. The number of hydrogen-bond acceptors (Lipinski definition) is 2. The molecule has 0 aliphatic rings. The van der Waals surface area contributed by atoms with Gasteiger partial charge in [-0.05, 0) is 5.56 Å². The molecule has 0 heterocycles. The zero-order valence-corrected chi connectivity index (χ0v) is 8.18. The van der Waals surface area contributed by atoms with Crippen molar-refractivity contribution in [1.82, 2.24) is 0 Å². The van der Waals surface area contributed by atoms with E-state index in [1.807, 2.05) is 30.3 Å². The third-order valence-electron chi connectivity index (χ3n) is 2.48. The maximum Gasteiger partial charge on any atom is 0.220 e. The Labute approximate surface area is 83.6 Å². The lowest BCUT2D eigenvalue weighted by atomic mass is 9.87. The highest BCUT2D eigenvalue weighted by Crippen LogP contribution is 2.23. The molecule has 76 valence electrons. The van der Waals surface area contributed by atoms with Crippen LogP contribution in [0.15, 0.2) is 30.3 Å². The number of carbonyl (C=O) groups is 1. The van der Waals surface area contributed by atoms with Crippen LogP contribution >= 0.6 is 0 Å². The van der Waals surface area contributed by atoms with E-state index in [4.69, 9.17) is 5.73 Å². The second-order valence-corrected chi connectivity index (χ2v) is 3.39. The van der Waals surface area contributed by atoms with Crippen LogP contribution in [-0.2, 0) is 4.79 Å². The molecule has 0 saturated heterocycles. The summed E-state index contributed by atoms with van der Waals surface area (Å²) in [5.41, 5.74) is 6.15. The smallest absolute Gasteiger partial charge is 0.220 e. The van der Waals surface area contributed by atoms with Crippen molar-refractivity contribution in [3.8, 4) is 0 Å². The highest BCUT2D eigenvalue weighted by Gasteiger charge is 2.22. The van der Waals surface area contributed by atoms with Crippen LogP contribution in [0.3, 0.4) is 0 Å². The third kappa shape index (κ3) is 2.33. The molecule has 0 spiro atoms. The Morgan fingerprint density at radius 3 is 2.43 bits per heavy atom. The quantitative estimate of drug-likeness (QED) is 0.745. The summed E-state index contributed by atoms with van der Waals surface area (Å²) >= 11 is 0. The van der Waals surface area contributed by atoms with E-state index < -0.39 is 0 Å². The number of rotatable bonds is 4. The summed E-state index contributed by atoms with van der Waals surface area (Å²) in [4.78, 5) is 11.0. The van der Waals surface area contributed by atoms with Gasteiger partial charge in [-0.1, -0.05) is 37.3 Å². The van der Waals surface area contributed by atoms with Gasteiger partial charge in [-0.3, -0.25) is 4.79 Å². The van der Waals surface area contributed by atoms with Gasteiger partial charge < -0.3 is 10.8 Å². The molecule has 14 heavy (non-hydrogen) atoms. The van der Waals surface area contributed by atoms with Gasteiger partial charge in [0.15, 0.2) is 0 Å². The van der Waals surface area contributed by atoms with E-state index in [-0.39, 0.29) is 24.3 Å². The maximum absolute atomic E-state index is 11.0. The number of hydrogen-bond donors (Lipinski definition) is 2. The molecule has 0 saturated carbocycles. The fourth-order valence-electron chi connectivity index (χ4n) is 1.45. The van der Waals surface area contributed by atoms with Gasteiger partial charge in [0.2, 0.25) is 5.91 Å². The lowest BCUT2D eigenvalue weighted by Gasteiger charge is -2.19. The summed E-state index contributed by atoms with van der Waals surface area (Å²) < 4.78 is 0. The van der Waals surface area contributed by atoms with Crippen molar-refractivity contribution in [1.29, 1.82) is 0 Å².